The lowest BCUT2D eigenvalue weighted by Crippen LogP contribution is -2.32. The zero-order chi connectivity index (χ0) is 18.7. The molecule has 1 saturated heterocycles. The Labute approximate surface area is 152 Å². The quantitative estimate of drug-likeness (QED) is 0.830. The molecule has 2 aromatic rings. The molecule has 0 saturated carbocycles. The molecule has 1 aliphatic rings. The van der Waals surface area contributed by atoms with Crippen LogP contribution < -0.4 is 10.2 Å². The molecule has 0 spiro atoms. The van der Waals surface area contributed by atoms with Crippen molar-refractivity contribution < 1.29 is 23.1 Å². The molecule has 1 aromatic heterocycles. The number of amides is 1. The number of thiazole rings is 1. The predicted molar refractivity (Wildman–Crippen MR) is 92.2 cm³/mol. The van der Waals surface area contributed by atoms with Gasteiger partial charge in [-0.25, -0.2) is 4.98 Å². The molecule has 9 heteroatoms. The lowest BCUT2D eigenvalue weighted by atomic mass is 10.1. The van der Waals surface area contributed by atoms with E-state index in [-0.39, 0.29) is 24.9 Å². The largest absolute Gasteiger partial charge is 0.416 e. The fraction of sp³-hybridized carbons (Fsp3) is 0.412. The maximum atomic E-state index is 12.7. The highest BCUT2D eigenvalue weighted by molar-refractivity contribution is 7.14. The van der Waals surface area contributed by atoms with Crippen LogP contribution in [0.25, 0.3) is 0 Å². The molecule has 0 bridgehead atoms. The second-order valence-electron chi connectivity index (χ2n) is 6.07. The van der Waals surface area contributed by atoms with E-state index in [1.54, 1.807) is 5.38 Å². The third kappa shape index (κ3) is 4.16. The molecule has 0 aliphatic carbocycles. The summed E-state index contributed by atoms with van der Waals surface area (Å²) >= 11 is 1.32. The minimum absolute atomic E-state index is 0.0153. The number of alkyl halides is 3. The molecule has 1 amide bonds. The fourth-order valence-electron chi connectivity index (χ4n) is 2.91. The molecule has 1 fully saturated rings. The van der Waals surface area contributed by atoms with Gasteiger partial charge in [0.1, 0.15) is 5.69 Å². The number of hydrogen-bond acceptors (Lipinski definition) is 5. The fourth-order valence-corrected chi connectivity index (χ4v) is 3.81. The Bertz CT molecular complexity index is 779. The van der Waals surface area contributed by atoms with Crippen LogP contribution in [0, 0.1) is 0 Å². The van der Waals surface area contributed by atoms with Crippen LogP contribution in [-0.2, 0) is 12.7 Å². The Hall–Kier alpha value is -2.13. The summed E-state index contributed by atoms with van der Waals surface area (Å²) < 4.78 is 38.2. The number of benzene rings is 1. The van der Waals surface area contributed by atoms with Gasteiger partial charge in [0.15, 0.2) is 5.13 Å². The number of aliphatic hydroxyl groups excluding tert-OH is 1. The van der Waals surface area contributed by atoms with Gasteiger partial charge in [0.25, 0.3) is 5.91 Å². The van der Waals surface area contributed by atoms with Crippen LogP contribution in [0.1, 0.15) is 34.5 Å². The first-order chi connectivity index (χ1) is 12.4. The Morgan fingerprint density at radius 2 is 2.23 bits per heavy atom. The van der Waals surface area contributed by atoms with Crippen LogP contribution in [0.2, 0.25) is 0 Å². The smallest absolute Gasteiger partial charge is 0.394 e. The van der Waals surface area contributed by atoms with Crippen molar-refractivity contribution in [2.75, 3.05) is 18.1 Å². The molecule has 3 rings (SSSR count). The van der Waals surface area contributed by atoms with Gasteiger partial charge < -0.3 is 15.3 Å². The Morgan fingerprint density at radius 1 is 1.42 bits per heavy atom. The molecular formula is C17H18F3N3O2S. The van der Waals surface area contributed by atoms with Crippen molar-refractivity contribution in [1.82, 2.24) is 10.3 Å². The predicted octanol–water partition coefficient (Wildman–Crippen LogP) is 3.05. The second kappa shape index (κ2) is 7.63. The number of rotatable bonds is 5. The third-order valence-corrected chi connectivity index (χ3v) is 5.14. The van der Waals surface area contributed by atoms with Gasteiger partial charge in [-0.1, -0.05) is 12.1 Å². The van der Waals surface area contributed by atoms with E-state index >= 15 is 0 Å². The summed E-state index contributed by atoms with van der Waals surface area (Å²) in [4.78, 5) is 18.5. The number of carbonyl (C=O) groups is 1. The second-order valence-corrected chi connectivity index (χ2v) is 6.90. The van der Waals surface area contributed by atoms with E-state index in [4.69, 9.17) is 0 Å². The Kier molecular flexibility index (Phi) is 5.47. The van der Waals surface area contributed by atoms with Gasteiger partial charge in [-0.3, -0.25) is 4.79 Å². The molecule has 1 aromatic carbocycles. The zero-order valence-corrected chi connectivity index (χ0v) is 14.6. The number of nitrogens with zero attached hydrogens (tertiary/aromatic N) is 2. The average molecular weight is 385 g/mol. The van der Waals surface area contributed by atoms with Gasteiger partial charge >= 0.3 is 6.18 Å². The topological polar surface area (TPSA) is 65.5 Å². The molecule has 0 radical (unpaired) electrons. The lowest BCUT2D eigenvalue weighted by Gasteiger charge is -2.21. The van der Waals surface area contributed by atoms with E-state index in [0.717, 1.165) is 31.5 Å². The highest BCUT2D eigenvalue weighted by Gasteiger charge is 2.30. The first-order valence-corrected chi connectivity index (χ1v) is 9.04. The highest BCUT2D eigenvalue weighted by atomic mass is 32.1. The van der Waals surface area contributed by atoms with Gasteiger partial charge in [0.05, 0.1) is 18.2 Å². The molecule has 1 atom stereocenters. The van der Waals surface area contributed by atoms with Crippen molar-refractivity contribution in [2.45, 2.75) is 31.6 Å². The summed E-state index contributed by atoms with van der Waals surface area (Å²) in [5.41, 5.74) is -0.159. The summed E-state index contributed by atoms with van der Waals surface area (Å²) in [6.45, 7) is 0.805. The summed E-state index contributed by atoms with van der Waals surface area (Å²) in [5.74, 6) is -0.440. The number of aromatic nitrogens is 1. The van der Waals surface area contributed by atoms with Crippen molar-refractivity contribution in [1.29, 1.82) is 0 Å². The molecule has 1 aliphatic heterocycles. The molecular weight excluding hydrogens is 367 g/mol. The zero-order valence-electron chi connectivity index (χ0n) is 13.8. The highest BCUT2D eigenvalue weighted by Crippen LogP contribution is 2.30. The molecule has 140 valence electrons. The number of carbonyl (C=O) groups excluding carboxylic acids is 1. The first kappa shape index (κ1) is 18.7. The van der Waals surface area contributed by atoms with Crippen molar-refractivity contribution in [3.63, 3.8) is 0 Å². The monoisotopic (exact) mass is 385 g/mol. The van der Waals surface area contributed by atoms with E-state index in [1.807, 2.05) is 4.90 Å². The van der Waals surface area contributed by atoms with Crippen LogP contribution >= 0.6 is 11.3 Å². The van der Waals surface area contributed by atoms with E-state index in [0.29, 0.717) is 10.7 Å². The van der Waals surface area contributed by atoms with Gasteiger partial charge in [-0.2, -0.15) is 13.2 Å². The van der Waals surface area contributed by atoms with E-state index in [2.05, 4.69) is 10.3 Å². The summed E-state index contributed by atoms with van der Waals surface area (Å²) in [7, 11) is 0. The molecule has 26 heavy (non-hydrogen) atoms. The van der Waals surface area contributed by atoms with Gasteiger partial charge in [-0.15, -0.1) is 11.3 Å². The minimum atomic E-state index is -4.41. The van der Waals surface area contributed by atoms with Crippen molar-refractivity contribution in [3.05, 3.63) is 46.5 Å². The Morgan fingerprint density at radius 3 is 2.96 bits per heavy atom. The maximum Gasteiger partial charge on any atom is 0.416 e. The normalized spacial score (nSPS) is 17.5. The average Bonchev–Trinajstić information content (AvgIpc) is 3.27. The molecule has 2 heterocycles. The Balaban J connectivity index is 1.63. The summed E-state index contributed by atoms with van der Waals surface area (Å²) in [6.07, 6.45) is -2.57. The van der Waals surface area contributed by atoms with Crippen molar-refractivity contribution in [2.24, 2.45) is 0 Å². The van der Waals surface area contributed by atoms with Crippen LogP contribution in [0.4, 0.5) is 18.3 Å². The number of hydrogen-bond donors (Lipinski definition) is 2. The number of anilines is 1. The molecule has 1 unspecified atom stereocenters. The van der Waals surface area contributed by atoms with E-state index in [1.165, 1.54) is 23.5 Å². The van der Waals surface area contributed by atoms with Crippen molar-refractivity contribution in [3.8, 4) is 0 Å². The van der Waals surface area contributed by atoms with Crippen LogP contribution in [0.5, 0.6) is 0 Å². The van der Waals surface area contributed by atoms with E-state index < -0.39 is 17.6 Å². The lowest BCUT2D eigenvalue weighted by molar-refractivity contribution is -0.137. The molecule has 5 nitrogen and oxygen atoms in total. The van der Waals surface area contributed by atoms with Crippen LogP contribution in [-0.4, -0.2) is 35.2 Å². The summed E-state index contributed by atoms with van der Waals surface area (Å²) in [6, 6.07) is 4.86. The standard InChI is InChI=1S/C17H18F3N3O2S/c18-17(19,20)12-4-1-3-11(7-12)8-21-15(25)14-10-26-16(22-14)23-6-2-5-13(23)9-24/h1,3-4,7,10,13,24H,2,5-6,8-9H2,(H,21,25). The van der Waals surface area contributed by atoms with Crippen LogP contribution in [0.3, 0.4) is 0 Å². The molecule has 2 N–H and O–H groups in total. The third-order valence-electron chi connectivity index (χ3n) is 4.27. The SMILES string of the molecule is O=C(NCc1cccc(C(F)(F)F)c1)c1csc(N2CCCC2CO)n1. The maximum absolute atomic E-state index is 12.7. The van der Waals surface area contributed by atoms with E-state index in [9.17, 15) is 23.1 Å². The van der Waals surface area contributed by atoms with Gasteiger partial charge in [0.2, 0.25) is 0 Å². The first-order valence-electron chi connectivity index (χ1n) is 8.16. The summed E-state index contributed by atoms with van der Waals surface area (Å²) in [5, 5.41) is 14.3. The van der Waals surface area contributed by atoms with Crippen LogP contribution in [0.15, 0.2) is 29.6 Å². The van der Waals surface area contributed by atoms with Crippen molar-refractivity contribution >= 4 is 22.4 Å². The van der Waals surface area contributed by atoms with Gasteiger partial charge in [0, 0.05) is 18.5 Å². The number of nitrogens with one attached hydrogen (secondary N) is 1. The minimum Gasteiger partial charge on any atom is -0.394 e. The van der Waals surface area contributed by atoms with Gasteiger partial charge in [-0.05, 0) is 30.5 Å². The number of aliphatic hydroxyl groups is 1. The number of halogens is 3.